The summed E-state index contributed by atoms with van der Waals surface area (Å²) >= 11 is 12.2. The summed E-state index contributed by atoms with van der Waals surface area (Å²) in [5.74, 6) is 0. The lowest BCUT2D eigenvalue weighted by Crippen LogP contribution is -1.94. The van der Waals surface area contributed by atoms with Crippen LogP contribution in [0.3, 0.4) is 0 Å². The van der Waals surface area contributed by atoms with Crippen molar-refractivity contribution in [2.24, 2.45) is 0 Å². The van der Waals surface area contributed by atoms with Crippen molar-refractivity contribution in [2.45, 2.75) is 0 Å². The number of H-pyrrole nitrogens is 1. The van der Waals surface area contributed by atoms with Gasteiger partial charge >= 0.3 is 0 Å². The van der Waals surface area contributed by atoms with Crippen LogP contribution in [0.5, 0.6) is 0 Å². The largest absolute Gasteiger partial charge is 0.277 e. The Kier molecular flexibility index (Phi) is 5.90. The van der Waals surface area contributed by atoms with Gasteiger partial charge in [-0.15, -0.1) is 0 Å². The topological polar surface area (TPSA) is 46.5 Å². The molecule has 0 spiro atoms. The average Bonchev–Trinajstić information content (AvgIpc) is 3.58. The van der Waals surface area contributed by atoms with Crippen LogP contribution in [0.2, 0.25) is 10.0 Å². The number of benzene rings is 4. The Morgan fingerprint density at radius 3 is 1.89 bits per heavy atom. The molecule has 4 aromatic carbocycles. The average molecular weight is 507 g/mol. The summed E-state index contributed by atoms with van der Waals surface area (Å²) in [5, 5.41) is 14.1. The maximum Gasteiger partial charge on any atom is 0.102 e. The molecule has 0 bridgehead atoms. The van der Waals surface area contributed by atoms with Gasteiger partial charge in [0, 0.05) is 32.9 Å². The molecule has 0 amide bonds. The first-order valence-corrected chi connectivity index (χ1v) is 12.2. The maximum absolute atomic E-state index is 6.14. The number of hydrogen-bond acceptors (Lipinski definition) is 2. The fourth-order valence-corrected chi connectivity index (χ4v) is 4.44. The number of aromatic amines is 1. The Morgan fingerprint density at radius 2 is 1.19 bits per heavy atom. The fraction of sp³-hybridized carbons (Fsp3) is 0. The highest BCUT2D eigenvalue weighted by atomic mass is 35.5. The summed E-state index contributed by atoms with van der Waals surface area (Å²) in [6.45, 7) is 0. The normalized spacial score (nSPS) is 11.1. The van der Waals surface area contributed by atoms with Crippen LogP contribution in [0.1, 0.15) is 0 Å². The number of nitrogens with one attached hydrogen (secondary N) is 1. The summed E-state index contributed by atoms with van der Waals surface area (Å²) in [7, 11) is 0. The van der Waals surface area contributed by atoms with Crippen molar-refractivity contribution in [3.8, 4) is 50.6 Å². The van der Waals surface area contributed by atoms with Crippen LogP contribution in [0.15, 0.2) is 115 Å². The van der Waals surface area contributed by atoms with Gasteiger partial charge in [0.15, 0.2) is 0 Å². The van der Waals surface area contributed by atoms with Crippen molar-refractivity contribution in [3.05, 3.63) is 125 Å². The zero-order valence-electron chi connectivity index (χ0n) is 19.1. The molecule has 0 aliphatic heterocycles. The number of aromatic nitrogens is 4. The monoisotopic (exact) mass is 506 g/mol. The van der Waals surface area contributed by atoms with E-state index in [1.54, 1.807) is 0 Å². The Labute approximate surface area is 218 Å². The van der Waals surface area contributed by atoms with Gasteiger partial charge in [-0.1, -0.05) is 89.9 Å². The second kappa shape index (κ2) is 9.50. The molecule has 0 saturated heterocycles. The SMILES string of the molecule is Clc1ccc(-c2nn(-c3ccc(Cl)cc3)cc2-c2cc(-c3ccc(-c4ccccc4)cc3)n[nH]2)cc1. The molecule has 0 atom stereocenters. The molecule has 2 aromatic heterocycles. The molecule has 0 unspecified atom stereocenters. The highest BCUT2D eigenvalue weighted by Gasteiger charge is 2.17. The number of hydrogen-bond donors (Lipinski definition) is 1. The van der Waals surface area contributed by atoms with Gasteiger partial charge in [0.1, 0.15) is 5.69 Å². The van der Waals surface area contributed by atoms with E-state index in [2.05, 4.69) is 52.7 Å². The first-order chi connectivity index (χ1) is 17.6. The minimum atomic E-state index is 0.681. The van der Waals surface area contributed by atoms with Gasteiger partial charge in [0.25, 0.3) is 0 Å². The number of rotatable bonds is 5. The summed E-state index contributed by atoms with van der Waals surface area (Å²) < 4.78 is 1.85. The zero-order chi connectivity index (χ0) is 24.5. The van der Waals surface area contributed by atoms with E-state index in [-0.39, 0.29) is 0 Å². The molecular weight excluding hydrogens is 487 g/mol. The molecule has 174 valence electrons. The molecule has 0 aliphatic rings. The van der Waals surface area contributed by atoms with Gasteiger partial charge in [-0.25, -0.2) is 4.68 Å². The molecule has 0 radical (unpaired) electrons. The van der Waals surface area contributed by atoms with Gasteiger partial charge < -0.3 is 0 Å². The molecule has 6 aromatic rings. The molecule has 6 heteroatoms. The third kappa shape index (κ3) is 4.44. The minimum Gasteiger partial charge on any atom is -0.277 e. The Morgan fingerprint density at radius 1 is 0.611 bits per heavy atom. The van der Waals surface area contributed by atoms with Crippen molar-refractivity contribution in [3.63, 3.8) is 0 Å². The lowest BCUT2D eigenvalue weighted by Gasteiger charge is -2.02. The third-order valence-corrected chi connectivity index (χ3v) is 6.58. The second-order valence-electron chi connectivity index (χ2n) is 8.43. The number of halogens is 2. The molecule has 36 heavy (non-hydrogen) atoms. The minimum absolute atomic E-state index is 0.681. The highest BCUT2D eigenvalue weighted by molar-refractivity contribution is 6.30. The first-order valence-electron chi connectivity index (χ1n) is 11.5. The second-order valence-corrected chi connectivity index (χ2v) is 9.30. The lowest BCUT2D eigenvalue weighted by molar-refractivity contribution is 0.884. The molecule has 2 heterocycles. The molecule has 6 rings (SSSR count). The molecule has 0 saturated carbocycles. The summed E-state index contributed by atoms with van der Waals surface area (Å²) in [5.41, 5.74) is 8.78. The van der Waals surface area contributed by atoms with E-state index in [1.807, 2.05) is 77.6 Å². The predicted octanol–water partition coefficient (Wildman–Crippen LogP) is 8.57. The van der Waals surface area contributed by atoms with Crippen LogP contribution >= 0.6 is 23.2 Å². The molecule has 0 fully saturated rings. The van der Waals surface area contributed by atoms with E-state index in [9.17, 15) is 0 Å². The maximum atomic E-state index is 6.14. The van der Waals surface area contributed by atoms with Gasteiger partial charge in [0.2, 0.25) is 0 Å². The van der Waals surface area contributed by atoms with Crippen molar-refractivity contribution >= 4 is 23.2 Å². The van der Waals surface area contributed by atoms with Crippen LogP contribution < -0.4 is 0 Å². The first kappa shape index (κ1) is 22.4. The van der Waals surface area contributed by atoms with Gasteiger partial charge in [-0.3, -0.25) is 5.10 Å². The summed E-state index contributed by atoms with van der Waals surface area (Å²) in [6, 6.07) is 36.1. The summed E-state index contributed by atoms with van der Waals surface area (Å²) in [4.78, 5) is 0. The van der Waals surface area contributed by atoms with Crippen LogP contribution in [0, 0.1) is 0 Å². The van der Waals surface area contributed by atoms with Crippen LogP contribution in [0.25, 0.3) is 50.6 Å². The standard InChI is InChI=1S/C30H20Cl2N4/c31-24-12-10-23(11-13-24)30-27(19-36(35-30)26-16-14-25(32)15-17-26)29-18-28(33-34-29)22-8-6-21(7-9-22)20-4-2-1-3-5-20/h1-19H,(H,33,34). The third-order valence-electron chi connectivity index (χ3n) is 6.08. The van der Waals surface area contributed by atoms with Crippen molar-refractivity contribution in [1.82, 2.24) is 20.0 Å². The predicted molar refractivity (Wildman–Crippen MR) is 147 cm³/mol. The van der Waals surface area contributed by atoms with E-state index >= 15 is 0 Å². The van der Waals surface area contributed by atoms with Crippen molar-refractivity contribution < 1.29 is 0 Å². The molecule has 1 N–H and O–H groups in total. The van der Waals surface area contributed by atoms with Crippen molar-refractivity contribution in [1.29, 1.82) is 0 Å². The van der Waals surface area contributed by atoms with Crippen LogP contribution in [0.4, 0.5) is 0 Å². The lowest BCUT2D eigenvalue weighted by atomic mass is 10.0. The van der Waals surface area contributed by atoms with Gasteiger partial charge in [-0.2, -0.15) is 10.2 Å². The molecule has 0 aliphatic carbocycles. The molecular formula is C30H20Cl2N4. The Bertz CT molecular complexity index is 1620. The summed E-state index contributed by atoms with van der Waals surface area (Å²) in [6.07, 6.45) is 2.00. The van der Waals surface area contributed by atoms with Crippen molar-refractivity contribution in [2.75, 3.05) is 0 Å². The molecule has 4 nitrogen and oxygen atoms in total. The van der Waals surface area contributed by atoms with Gasteiger partial charge in [0.05, 0.1) is 17.1 Å². The highest BCUT2D eigenvalue weighted by Crippen LogP contribution is 2.34. The Hall–Kier alpha value is -4.12. The van der Waals surface area contributed by atoms with E-state index in [4.69, 9.17) is 28.3 Å². The zero-order valence-corrected chi connectivity index (χ0v) is 20.6. The number of nitrogens with zero attached hydrogens (tertiary/aromatic N) is 3. The Balaban J connectivity index is 1.38. The quantitative estimate of drug-likeness (QED) is 0.254. The van der Waals surface area contributed by atoms with E-state index < -0.39 is 0 Å². The van der Waals surface area contributed by atoms with Crippen LogP contribution in [-0.2, 0) is 0 Å². The smallest absolute Gasteiger partial charge is 0.102 e. The van der Waals surface area contributed by atoms with Crippen LogP contribution in [-0.4, -0.2) is 20.0 Å². The fourth-order valence-electron chi connectivity index (χ4n) is 4.19. The van der Waals surface area contributed by atoms with Gasteiger partial charge in [-0.05, 0) is 53.6 Å². The van der Waals surface area contributed by atoms with E-state index in [0.29, 0.717) is 10.0 Å². The van der Waals surface area contributed by atoms with E-state index in [1.165, 1.54) is 11.1 Å². The van der Waals surface area contributed by atoms with E-state index in [0.717, 1.165) is 39.5 Å².